The molecule has 0 aromatic rings. The van der Waals surface area contributed by atoms with E-state index in [4.69, 9.17) is 4.74 Å². The molecule has 1 saturated heterocycles. The van der Waals surface area contributed by atoms with Crippen molar-refractivity contribution >= 4 is 0 Å². The van der Waals surface area contributed by atoms with Crippen LogP contribution in [0.25, 0.3) is 0 Å². The highest BCUT2D eigenvalue weighted by atomic mass is 16.5. The molecule has 1 rings (SSSR count). The molecule has 0 amide bonds. The van der Waals surface area contributed by atoms with Crippen molar-refractivity contribution in [3.63, 3.8) is 0 Å². The molecule has 1 aliphatic rings. The van der Waals surface area contributed by atoms with Crippen LogP contribution in [-0.4, -0.2) is 11.2 Å². The molecule has 0 N–H and O–H groups in total. The maximum absolute atomic E-state index is 6.20. The van der Waals surface area contributed by atoms with Crippen LogP contribution in [0.5, 0.6) is 0 Å². The Morgan fingerprint density at radius 3 is 1.47 bits per heavy atom. The zero-order valence-corrected chi connectivity index (χ0v) is 13.1. The minimum Gasteiger partial charge on any atom is -0.370 e. The van der Waals surface area contributed by atoms with Crippen molar-refractivity contribution in [1.29, 1.82) is 0 Å². The Kier molecular flexibility index (Phi) is 4.34. The average Bonchev–Trinajstić information content (AvgIpc) is 1.93. The number of ether oxygens (including phenoxy) is 1. The molecule has 1 heteroatoms. The SMILES string of the molecule is CC(C)C(C(C)C)C1CC(C)(C)OC(C)(C)C1. The van der Waals surface area contributed by atoms with E-state index in [1.54, 1.807) is 0 Å². The quantitative estimate of drug-likeness (QED) is 0.682. The smallest absolute Gasteiger partial charge is 0.0636 e. The summed E-state index contributed by atoms with van der Waals surface area (Å²) in [5.74, 6) is 3.15. The Morgan fingerprint density at radius 1 is 0.824 bits per heavy atom. The summed E-state index contributed by atoms with van der Waals surface area (Å²) >= 11 is 0. The van der Waals surface area contributed by atoms with Gasteiger partial charge in [-0.05, 0) is 64.2 Å². The Bertz CT molecular complexity index is 226. The van der Waals surface area contributed by atoms with E-state index < -0.39 is 0 Å². The lowest BCUT2D eigenvalue weighted by molar-refractivity contribution is -0.183. The highest BCUT2D eigenvalue weighted by Gasteiger charge is 2.43. The third kappa shape index (κ3) is 3.98. The van der Waals surface area contributed by atoms with Crippen molar-refractivity contribution in [3.8, 4) is 0 Å². The third-order valence-corrected chi connectivity index (χ3v) is 4.14. The third-order valence-electron chi connectivity index (χ3n) is 4.14. The van der Waals surface area contributed by atoms with Crippen LogP contribution in [0.2, 0.25) is 0 Å². The summed E-state index contributed by atoms with van der Waals surface area (Å²) in [4.78, 5) is 0. The van der Waals surface area contributed by atoms with Crippen LogP contribution in [0.4, 0.5) is 0 Å². The number of hydrogen-bond donors (Lipinski definition) is 0. The molecule has 0 unspecified atom stereocenters. The van der Waals surface area contributed by atoms with E-state index in [1.165, 1.54) is 12.8 Å². The highest BCUT2D eigenvalue weighted by Crippen LogP contribution is 2.45. The molecule has 0 spiro atoms. The van der Waals surface area contributed by atoms with Gasteiger partial charge in [0, 0.05) is 0 Å². The normalized spacial score (nSPS) is 24.9. The van der Waals surface area contributed by atoms with Crippen molar-refractivity contribution in [2.24, 2.45) is 23.7 Å². The Labute approximate surface area is 108 Å². The van der Waals surface area contributed by atoms with Crippen LogP contribution >= 0.6 is 0 Å². The number of hydrogen-bond acceptors (Lipinski definition) is 1. The first-order valence-electron chi connectivity index (χ1n) is 7.24. The van der Waals surface area contributed by atoms with Gasteiger partial charge in [-0.15, -0.1) is 0 Å². The van der Waals surface area contributed by atoms with Gasteiger partial charge in [0.05, 0.1) is 11.2 Å². The average molecular weight is 240 g/mol. The van der Waals surface area contributed by atoms with E-state index in [0.29, 0.717) is 0 Å². The van der Waals surface area contributed by atoms with E-state index in [9.17, 15) is 0 Å². The molecular formula is C16H32O. The molecular weight excluding hydrogens is 208 g/mol. The van der Waals surface area contributed by atoms with E-state index in [1.807, 2.05) is 0 Å². The molecule has 0 aromatic heterocycles. The lowest BCUT2D eigenvalue weighted by Gasteiger charge is -2.49. The van der Waals surface area contributed by atoms with Gasteiger partial charge in [0.25, 0.3) is 0 Å². The Morgan fingerprint density at radius 2 is 1.18 bits per heavy atom. The molecule has 1 fully saturated rings. The van der Waals surface area contributed by atoms with Crippen molar-refractivity contribution in [3.05, 3.63) is 0 Å². The fourth-order valence-electron chi connectivity index (χ4n) is 4.30. The van der Waals surface area contributed by atoms with Crippen LogP contribution in [-0.2, 0) is 4.74 Å². The summed E-state index contributed by atoms with van der Waals surface area (Å²) in [6.45, 7) is 18.5. The van der Waals surface area contributed by atoms with Gasteiger partial charge in [0.2, 0.25) is 0 Å². The minimum atomic E-state index is 0.0362. The van der Waals surface area contributed by atoms with Gasteiger partial charge < -0.3 is 4.74 Å². The zero-order valence-electron chi connectivity index (χ0n) is 13.1. The zero-order chi connectivity index (χ0) is 13.4. The molecule has 1 heterocycles. The van der Waals surface area contributed by atoms with Gasteiger partial charge in [-0.2, -0.15) is 0 Å². The van der Waals surface area contributed by atoms with Crippen LogP contribution in [0.1, 0.15) is 68.2 Å². The Balaban J connectivity index is 2.89. The number of rotatable bonds is 3. The first kappa shape index (κ1) is 15.0. The van der Waals surface area contributed by atoms with Gasteiger partial charge in [-0.3, -0.25) is 0 Å². The van der Waals surface area contributed by atoms with Gasteiger partial charge in [-0.25, -0.2) is 0 Å². The van der Waals surface area contributed by atoms with Gasteiger partial charge in [-0.1, -0.05) is 27.7 Å². The second-order valence-corrected chi connectivity index (χ2v) is 7.86. The van der Waals surface area contributed by atoms with Crippen molar-refractivity contribution < 1.29 is 4.74 Å². The summed E-state index contributed by atoms with van der Waals surface area (Å²) in [5.41, 5.74) is 0.0723. The molecule has 0 aliphatic carbocycles. The van der Waals surface area contributed by atoms with E-state index in [2.05, 4.69) is 55.4 Å². The highest BCUT2D eigenvalue weighted by molar-refractivity contribution is 4.92. The van der Waals surface area contributed by atoms with E-state index >= 15 is 0 Å². The van der Waals surface area contributed by atoms with E-state index in [-0.39, 0.29) is 11.2 Å². The molecule has 0 aromatic carbocycles. The maximum Gasteiger partial charge on any atom is 0.0636 e. The van der Waals surface area contributed by atoms with Crippen LogP contribution in [0.3, 0.4) is 0 Å². The minimum absolute atomic E-state index is 0.0362. The first-order valence-corrected chi connectivity index (χ1v) is 7.24. The van der Waals surface area contributed by atoms with Crippen molar-refractivity contribution in [2.45, 2.75) is 79.4 Å². The summed E-state index contributed by atoms with van der Waals surface area (Å²) in [7, 11) is 0. The molecule has 102 valence electrons. The fourth-order valence-corrected chi connectivity index (χ4v) is 4.30. The van der Waals surface area contributed by atoms with Crippen LogP contribution in [0, 0.1) is 23.7 Å². The summed E-state index contributed by atoms with van der Waals surface area (Å²) < 4.78 is 6.20. The van der Waals surface area contributed by atoms with Gasteiger partial charge >= 0.3 is 0 Å². The molecule has 0 atom stereocenters. The maximum atomic E-state index is 6.20. The molecule has 0 saturated carbocycles. The molecule has 1 aliphatic heterocycles. The molecule has 17 heavy (non-hydrogen) atoms. The molecule has 0 radical (unpaired) electrons. The van der Waals surface area contributed by atoms with Gasteiger partial charge in [0.1, 0.15) is 0 Å². The van der Waals surface area contributed by atoms with Crippen LogP contribution < -0.4 is 0 Å². The topological polar surface area (TPSA) is 9.23 Å². The lowest BCUT2D eigenvalue weighted by Crippen LogP contribution is -2.48. The fraction of sp³-hybridized carbons (Fsp3) is 1.00. The summed E-state index contributed by atoms with van der Waals surface area (Å²) in [5, 5.41) is 0. The predicted molar refractivity (Wildman–Crippen MR) is 75.1 cm³/mol. The monoisotopic (exact) mass is 240 g/mol. The first-order chi connectivity index (χ1) is 7.54. The predicted octanol–water partition coefficient (Wildman–Crippen LogP) is 4.90. The van der Waals surface area contributed by atoms with Crippen LogP contribution in [0.15, 0.2) is 0 Å². The second kappa shape index (κ2) is 4.91. The largest absolute Gasteiger partial charge is 0.370 e. The van der Waals surface area contributed by atoms with Crippen molar-refractivity contribution in [2.75, 3.05) is 0 Å². The van der Waals surface area contributed by atoms with E-state index in [0.717, 1.165) is 23.7 Å². The standard InChI is InChI=1S/C16H32O/c1-11(2)14(12(3)4)13-9-15(5,6)17-16(7,8)10-13/h11-14H,9-10H2,1-8H3. The lowest BCUT2D eigenvalue weighted by atomic mass is 9.67. The van der Waals surface area contributed by atoms with Crippen molar-refractivity contribution in [1.82, 2.24) is 0 Å². The van der Waals surface area contributed by atoms with Gasteiger partial charge in [0.15, 0.2) is 0 Å². The second-order valence-electron chi connectivity index (χ2n) is 7.86. The Hall–Kier alpha value is -0.0400. The summed E-state index contributed by atoms with van der Waals surface area (Å²) in [6.07, 6.45) is 2.41. The molecule has 0 bridgehead atoms. The summed E-state index contributed by atoms with van der Waals surface area (Å²) in [6, 6.07) is 0. The molecule has 1 nitrogen and oxygen atoms in total.